The molecule has 6 heteroatoms. The monoisotopic (exact) mass is 245 g/mol. The van der Waals surface area contributed by atoms with Gasteiger partial charge in [0, 0.05) is 17.9 Å². The van der Waals surface area contributed by atoms with Gasteiger partial charge in [0.1, 0.15) is 0 Å². The summed E-state index contributed by atoms with van der Waals surface area (Å²) < 4.78 is 0. The van der Waals surface area contributed by atoms with E-state index in [4.69, 9.17) is 17.2 Å². The van der Waals surface area contributed by atoms with Crippen molar-refractivity contribution >= 4 is 48.6 Å². The summed E-state index contributed by atoms with van der Waals surface area (Å²) in [4.78, 5) is 0. The second-order valence-corrected chi connectivity index (χ2v) is 2.21. The topological polar surface area (TPSA) is 78.1 Å². The van der Waals surface area contributed by atoms with Gasteiger partial charge in [-0.25, -0.2) is 0 Å². The van der Waals surface area contributed by atoms with Crippen molar-refractivity contribution in [2.75, 3.05) is 11.5 Å². The zero-order chi connectivity index (χ0) is 7.56. The maximum atomic E-state index is 5.50. The van der Waals surface area contributed by atoms with Gasteiger partial charge in [-0.05, 0) is 23.8 Å². The third kappa shape index (κ3) is 5.82. The van der Waals surface area contributed by atoms with Crippen LogP contribution in [0.15, 0.2) is 18.2 Å². The molecule has 0 saturated heterocycles. The van der Waals surface area contributed by atoms with E-state index in [1.165, 1.54) is 0 Å². The minimum absolute atomic E-state index is 0. The molecule has 0 amide bonds. The van der Waals surface area contributed by atoms with Gasteiger partial charge in [-0.2, -0.15) is 0 Å². The number of benzene rings is 1. The van der Waals surface area contributed by atoms with Crippen molar-refractivity contribution in [2.45, 2.75) is 6.54 Å². The van der Waals surface area contributed by atoms with E-state index in [1.54, 1.807) is 6.07 Å². The molecule has 0 aliphatic carbocycles. The molecule has 6 N–H and O–H groups in total. The summed E-state index contributed by atoms with van der Waals surface area (Å²) in [5, 5.41) is 0. The zero-order valence-corrected chi connectivity index (χ0v) is 9.35. The van der Waals surface area contributed by atoms with Crippen molar-refractivity contribution in [1.29, 1.82) is 0 Å². The molecule has 0 aliphatic rings. The number of hydrogen-bond acceptors (Lipinski definition) is 3. The molecule has 0 heterocycles. The lowest BCUT2D eigenvalue weighted by Gasteiger charge is -2.00. The fourth-order valence-corrected chi connectivity index (χ4v) is 0.863. The van der Waals surface area contributed by atoms with E-state index in [0.717, 1.165) is 5.56 Å². The third-order valence-electron chi connectivity index (χ3n) is 1.27. The van der Waals surface area contributed by atoms with E-state index in [2.05, 4.69) is 0 Å². The van der Waals surface area contributed by atoms with Crippen molar-refractivity contribution < 1.29 is 0 Å². The Balaban J connectivity index is -0.000000333. The van der Waals surface area contributed by atoms with Crippen molar-refractivity contribution in [3.8, 4) is 0 Å². The number of nitrogens with two attached hydrogens (primary N) is 3. The Morgan fingerprint density at radius 1 is 0.846 bits per heavy atom. The number of hydrogen-bond donors (Lipinski definition) is 3. The van der Waals surface area contributed by atoms with Gasteiger partial charge in [-0.1, -0.05) is 0 Å². The highest BCUT2D eigenvalue weighted by atomic mass is 35.5. The molecule has 0 aromatic heterocycles. The summed E-state index contributed by atoms with van der Waals surface area (Å²) in [6, 6.07) is 5.34. The van der Waals surface area contributed by atoms with E-state index in [9.17, 15) is 0 Å². The van der Waals surface area contributed by atoms with E-state index in [0.29, 0.717) is 17.9 Å². The standard InChI is InChI=1S/C7H11N3.3ClH/c8-4-5-1-6(9)3-7(10)2-5;;;/h1-3H,4,8-10H2;3*1H. The van der Waals surface area contributed by atoms with E-state index >= 15 is 0 Å². The number of anilines is 2. The van der Waals surface area contributed by atoms with Crippen LogP contribution in [0.4, 0.5) is 11.4 Å². The first-order valence-corrected chi connectivity index (χ1v) is 3.07. The van der Waals surface area contributed by atoms with Crippen LogP contribution in [0.5, 0.6) is 0 Å². The smallest absolute Gasteiger partial charge is 0.0337 e. The number of nitrogen functional groups attached to an aromatic ring is 2. The van der Waals surface area contributed by atoms with Crippen LogP contribution in [0.1, 0.15) is 5.56 Å². The molecule has 0 atom stereocenters. The summed E-state index contributed by atoms with van der Waals surface area (Å²) in [5.74, 6) is 0. The maximum Gasteiger partial charge on any atom is 0.0337 e. The Morgan fingerprint density at radius 3 is 1.54 bits per heavy atom. The van der Waals surface area contributed by atoms with Gasteiger partial charge >= 0.3 is 0 Å². The Morgan fingerprint density at radius 2 is 1.23 bits per heavy atom. The Labute approximate surface area is 96.3 Å². The Bertz CT molecular complexity index is 222. The minimum Gasteiger partial charge on any atom is -0.399 e. The lowest BCUT2D eigenvalue weighted by Crippen LogP contribution is -1.99. The first kappa shape index (κ1) is 18.4. The predicted molar refractivity (Wildman–Crippen MR) is 64.9 cm³/mol. The van der Waals surface area contributed by atoms with E-state index in [1.807, 2.05) is 12.1 Å². The van der Waals surface area contributed by atoms with Gasteiger partial charge in [0.2, 0.25) is 0 Å². The van der Waals surface area contributed by atoms with E-state index < -0.39 is 0 Å². The third-order valence-corrected chi connectivity index (χ3v) is 1.27. The summed E-state index contributed by atoms with van der Waals surface area (Å²) in [6.45, 7) is 0.481. The molecular formula is C7H14Cl3N3. The van der Waals surface area contributed by atoms with Crippen molar-refractivity contribution in [3.05, 3.63) is 23.8 Å². The second kappa shape index (κ2) is 8.26. The highest BCUT2D eigenvalue weighted by molar-refractivity contribution is 5.86. The minimum atomic E-state index is 0. The molecular weight excluding hydrogens is 232 g/mol. The molecule has 0 radical (unpaired) electrons. The van der Waals surface area contributed by atoms with E-state index in [-0.39, 0.29) is 37.2 Å². The molecule has 0 unspecified atom stereocenters. The molecule has 3 nitrogen and oxygen atoms in total. The number of rotatable bonds is 1. The average Bonchev–Trinajstić information content (AvgIpc) is 1.85. The molecule has 1 aromatic carbocycles. The van der Waals surface area contributed by atoms with Crippen LogP contribution in [0, 0.1) is 0 Å². The van der Waals surface area contributed by atoms with Gasteiger partial charge in [-0.15, -0.1) is 37.2 Å². The number of halogens is 3. The summed E-state index contributed by atoms with van der Waals surface area (Å²) in [7, 11) is 0. The van der Waals surface area contributed by atoms with Crippen LogP contribution >= 0.6 is 37.2 Å². The maximum absolute atomic E-state index is 5.50. The van der Waals surface area contributed by atoms with Gasteiger partial charge in [0.05, 0.1) is 0 Å². The van der Waals surface area contributed by atoms with Crippen molar-refractivity contribution in [3.63, 3.8) is 0 Å². The van der Waals surface area contributed by atoms with Gasteiger partial charge < -0.3 is 17.2 Å². The Kier molecular flexibility index (Phi) is 11.7. The van der Waals surface area contributed by atoms with Crippen molar-refractivity contribution in [2.24, 2.45) is 5.73 Å². The zero-order valence-electron chi connectivity index (χ0n) is 6.90. The average molecular weight is 247 g/mol. The summed E-state index contributed by atoms with van der Waals surface area (Å²) in [6.07, 6.45) is 0. The van der Waals surface area contributed by atoms with Gasteiger partial charge in [0.25, 0.3) is 0 Å². The van der Waals surface area contributed by atoms with Gasteiger partial charge in [0.15, 0.2) is 0 Å². The Hall–Kier alpha value is -0.350. The normalized spacial score (nSPS) is 7.46. The highest BCUT2D eigenvalue weighted by Crippen LogP contribution is 2.12. The summed E-state index contributed by atoms with van der Waals surface area (Å²) in [5.41, 5.74) is 18.7. The van der Waals surface area contributed by atoms with Crippen LogP contribution in [-0.2, 0) is 6.54 Å². The molecule has 0 aliphatic heterocycles. The lowest BCUT2D eigenvalue weighted by molar-refractivity contribution is 1.07. The van der Waals surface area contributed by atoms with Crippen LogP contribution in [-0.4, -0.2) is 0 Å². The second-order valence-electron chi connectivity index (χ2n) is 2.21. The quantitative estimate of drug-likeness (QED) is 0.658. The van der Waals surface area contributed by atoms with Gasteiger partial charge in [-0.3, -0.25) is 0 Å². The molecule has 0 bridgehead atoms. The molecule has 0 fully saturated rings. The molecule has 78 valence electrons. The molecule has 1 aromatic rings. The van der Waals surface area contributed by atoms with Crippen LogP contribution in [0.25, 0.3) is 0 Å². The van der Waals surface area contributed by atoms with Crippen LogP contribution in [0.3, 0.4) is 0 Å². The largest absolute Gasteiger partial charge is 0.399 e. The SMILES string of the molecule is Cl.Cl.Cl.NCc1cc(N)cc(N)c1. The first-order chi connectivity index (χ1) is 4.72. The molecule has 1 rings (SSSR count). The fraction of sp³-hybridized carbons (Fsp3) is 0.143. The van der Waals surface area contributed by atoms with Crippen molar-refractivity contribution in [1.82, 2.24) is 0 Å². The molecule has 0 saturated carbocycles. The van der Waals surface area contributed by atoms with Crippen LogP contribution < -0.4 is 17.2 Å². The molecule has 0 spiro atoms. The van der Waals surface area contributed by atoms with Crippen LogP contribution in [0.2, 0.25) is 0 Å². The summed E-state index contributed by atoms with van der Waals surface area (Å²) >= 11 is 0. The first-order valence-electron chi connectivity index (χ1n) is 3.07. The predicted octanol–water partition coefficient (Wildman–Crippen LogP) is 1.58. The fourth-order valence-electron chi connectivity index (χ4n) is 0.863. The lowest BCUT2D eigenvalue weighted by atomic mass is 10.2. The highest BCUT2D eigenvalue weighted by Gasteiger charge is 1.92. The molecule has 13 heavy (non-hydrogen) atoms.